The minimum absolute atomic E-state index is 0.0625. The topological polar surface area (TPSA) is 85.3 Å². The van der Waals surface area contributed by atoms with Crippen LogP contribution in [0.2, 0.25) is 0 Å². The first-order valence-corrected chi connectivity index (χ1v) is 5.69. The summed E-state index contributed by atoms with van der Waals surface area (Å²) in [4.78, 5) is 48.2. The summed E-state index contributed by atoms with van der Waals surface area (Å²) in [7, 11) is 0. The Labute approximate surface area is 84.2 Å². The molecule has 14 heavy (non-hydrogen) atoms. The second-order valence-corrected chi connectivity index (χ2v) is 4.27. The number of carbonyl (C=O) groups is 2. The van der Waals surface area contributed by atoms with Gasteiger partial charge in [-0.1, -0.05) is 0 Å². The summed E-state index contributed by atoms with van der Waals surface area (Å²) in [5.41, 5.74) is 0. The van der Waals surface area contributed by atoms with Crippen molar-refractivity contribution in [2.75, 3.05) is 0 Å². The number of carbonyl (C=O) groups excluding carboxylic acids is 5. The van der Waals surface area contributed by atoms with E-state index >= 15 is 0 Å². The van der Waals surface area contributed by atoms with Gasteiger partial charge in [-0.3, -0.25) is 9.59 Å². The average molecular weight is 287 g/mol. The van der Waals surface area contributed by atoms with E-state index in [-0.39, 0.29) is 18.0 Å². The van der Waals surface area contributed by atoms with Crippen molar-refractivity contribution < 1.29 is 38.6 Å². The maximum atomic E-state index is 10.0. The second-order valence-electron chi connectivity index (χ2n) is 2.03. The van der Waals surface area contributed by atoms with Crippen molar-refractivity contribution in [3.8, 4) is 0 Å². The number of Topliss-reactive ketones (excluding diaryl/α,β-unsaturated/α-hetero) is 2. The number of ketones is 2. The van der Waals surface area contributed by atoms with E-state index in [0.717, 1.165) is 0 Å². The van der Waals surface area contributed by atoms with Gasteiger partial charge in [-0.25, -0.2) is 0 Å². The summed E-state index contributed by atoms with van der Waals surface area (Å²) in [5.74, 6) is -0.125. The third-order valence-electron chi connectivity index (χ3n) is 0.702. The maximum absolute atomic E-state index is 10.0. The van der Waals surface area contributed by atoms with Crippen LogP contribution < -0.4 is 0 Å². The van der Waals surface area contributed by atoms with Crippen molar-refractivity contribution in [2.24, 2.45) is 0 Å². The second kappa shape index (κ2) is 9.79. The van der Waals surface area contributed by atoms with Gasteiger partial charge in [0, 0.05) is 0 Å². The molecule has 0 bridgehead atoms. The SMILES string of the molecule is CC(=O)CC(C)=O.O=[C]=[Rh](=[C]=O)=[C]=O. The van der Waals surface area contributed by atoms with E-state index < -0.39 is 14.6 Å². The van der Waals surface area contributed by atoms with E-state index in [2.05, 4.69) is 0 Å². The summed E-state index contributed by atoms with van der Waals surface area (Å²) in [6.07, 6.45) is 0.0833. The van der Waals surface area contributed by atoms with E-state index in [9.17, 15) is 24.0 Å². The van der Waals surface area contributed by atoms with Crippen LogP contribution in [-0.4, -0.2) is 25.0 Å². The van der Waals surface area contributed by atoms with Crippen molar-refractivity contribution in [2.45, 2.75) is 20.3 Å². The quantitative estimate of drug-likeness (QED) is 0.498. The zero-order valence-electron chi connectivity index (χ0n) is 7.58. The number of rotatable bonds is 2. The fraction of sp³-hybridized carbons (Fsp3) is 0.375. The van der Waals surface area contributed by atoms with Crippen LogP contribution in [0.3, 0.4) is 0 Å². The molecule has 0 rings (SSSR count). The predicted octanol–water partition coefficient (Wildman–Crippen LogP) is -0.639. The van der Waals surface area contributed by atoms with Gasteiger partial charge >= 0.3 is 42.4 Å². The Kier molecular flexibility index (Phi) is 10.6. The Morgan fingerprint density at radius 1 is 0.929 bits per heavy atom. The van der Waals surface area contributed by atoms with Crippen LogP contribution in [0.15, 0.2) is 0 Å². The fourth-order valence-corrected chi connectivity index (χ4v) is 0.597. The van der Waals surface area contributed by atoms with Crippen LogP contribution in [-0.2, 0) is 38.6 Å². The van der Waals surface area contributed by atoms with Crippen LogP contribution in [0.1, 0.15) is 20.3 Å². The molecule has 0 aliphatic rings. The predicted molar refractivity (Wildman–Crippen MR) is 43.1 cm³/mol. The van der Waals surface area contributed by atoms with Gasteiger partial charge < -0.3 is 0 Å². The Balaban J connectivity index is 0. The van der Waals surface area contributed by atoms with Crippen molar-refractivity contribution in [3.05, 3.63) is 0 Å². The van der Waals surface area contributed by atoms with Crippen molar-refractivity contribution in [1.82, 2.24) is 0 Å². The molecule has 0 fully saturated rings. The monoisotopic (exact) mass is 287 g/mol. The standard InChI is InChI=1S/C5H8O2.3CO.Rh/c1-4(6)3-5(2)7;3*1-2;/h3H2,1-2H3;;;;. The van der Waals surface area contributed by atoms with Gasteiger partial charge in [0.15, 0.2) is 0 Å². The summed E-state index contributed by atoms with van der Waals surface area (Å²) in [5, 5.41) is 0. The van der Waals surface area contributed by atoms with Gasteiger partial charge in [-0.05, 0) is 13.8 Å². The van der Waals surface area contributed by atoms with Crippen molar-refractivity contribution >= 4 is 25.0 Å². The molecular formula is C8H8O5Rh. The van der Waals surface area contributed by atoms with E-state index in [4.69, 9.17) is 0 Å². The van der Waals surface area contributed by atoms with Crippen LogP contribution in [0.4, 0.5) is 0 Å². The van der Waals surface area contributed by atoms with E-state index in [1.54, 1.807) is 0 Å². The summed E-state index contributed by atoms with van der Waals surface area (Å²) in [6, 6.07) is 0. The van der Waals surface area contributed by atoms with Gasteiger partial charge in [-0.2, -0.15) is 0 Å². The summed E-state index contributed by atoms with van der Waals surface area (Å²) < 4.78 is 3.70. The molecule has 0 unspecified atom stereocenters. The fourth-order valence-electron chi connectivity index (χ4n) is 0.392. The molecule has 0 spiro atoms. The van der Waals surface area contributed by atoms with Crippen LogP contribution in [0.25, 0.3) is 0 Å². The first-order chi connectivity index (χ1) is 6.47. The molecule has 0 amide bonds. The summed E-state index contributed by atoms with van der Waals surface area (Å²) >= 11 is -2.51. The van der Waals surface area contributed by atoms with Crippen LogP contribution >= 0.6 is 0 Å². The van der Waals surface area contributed by atoms with Gasteiger partial charge in [0.25, 0.3) is 0 Å². The normalized spacial score (nSPS) is 7.36. The molecular weight excluding hydrogens is 279 g/mol. The van der Waals surface area contributed by atoms with E-state index in [1.165, 1.54) is 27.3 Å². The average Bonchev–Trinajstić information content (AvgIpc) is 2.06. The molecule has 0 aliphatic carbocycles. The van der Waals surface area contributed by atoms with Gasteiger partial charge in [0.05, 0.1) is 6.42 Å². The van der Waals surface area contributed by atoms with Gasteiger partial charge in [-0.15, -0.1) is 0 Å². The van der Waals surface area contributed by atoms with Gasteiger partial charge in [0.2, 0.25) is 0 Å². The molecule has 0 aromatic carbocycles. The van der Waals surface area contributed by atoms with Crippen molar-refractivity contribution in [3.63, 3.8) is 0 Å². The zero-order chi connectivity index (χ0) is 11.6. The summed E-state index contributed by atoms with van der Waals surface area (Å²) in [6.45, 7) is 2.81. The molecule has 0 heterocycles. The number of hydrogen-bond donors (Lipinski definition) is 0. The molecule has 79 valence electrons. The molecule has 0 saturated heterocycles. The third-order valence-corrected chi connectivity index (χ3v) is 1.71. The van der Waals surface area contributed by atoms with Crippen LogP contribution in [0, 0.1) is 0 Å². The van der Waals surface area contributed by atoms with E-state index in [0.29, 0.717) is 0 Å². The Hall–Kier alpha value is -1.30. The first-order valence-electron chi connectivity index (χ1n) is 3.23. The Morgan fingerprint density at radius 3 is 1.21 bits per heavy atom. The molecule has 5 nitrogen and oxygen atoms in total. The first kappa shape index (κ1) is 15.2. The molecule has 0 saturated carbocycles. The zero-order valence-corrected chi connectivity index (χ0v) is 9.22. The molecule has 0 aromatic heterocycles. The Bertz CT molecular complexity index is 369. The number of hydrogen-bond acceptors (Lipinski definition) is 5. The molecule has 0 aromatic rings. The molecule has 0 N–H and O–H groups in total. The van der Waals surface area contributed by atoms with E-state index in [1.807, 2.05) is 0 Å². The molecule has 0 aliphatic heterocycles. The minimum atomic E-state index is -2.51. The van der Waals surface area contributed by atoms with Gasteiger partial charge in [0.1, 0.15) is 11.6 Å². The molecule has 0 atom stereocenters. The third kappa shape index (κ3) is 13.3. The van der Waals surface area contributed by atoms with Crippen LogP contribution in [0.5, 0.6) is 0 Å². The van der Waals surface area contributed by atoms with Crippen molar-refractivity contribution in [1.29, 1.82) is 0 Å². The Morgan fingerprint density at radius 2 is 1.21 bits per heavy atom. The molecule has 0 radical (unpaired) electrons. The molecule has 6 heteroatoms.